The molecule has 0 fully saturated rings. The Bertz CT molecular complexity index is 1150. The lowest BCUT2D eigenvalue weighted by molar-refractivity contribution is 0.553. The molecule has 5 heteroatoms. The number of furan rings is 1. The van der Waals surface area contributed by atoms with E-state index >= 15 is 0 Å². The zero-order valence-electron chi connectivity index (χ0n) is 20.1. The third-order valence-electron chi connectivity index (χ3n) is 5.50. The number of aryl methyl sites for hydroxylation is 3. The summed E-state index contributed by atoms with van der Waals surface area (Å²) in [6.07, 6.45) is 12.1. The molecule has 172 valence electrons. The maximum absolute atomic E-state index is 5.97. The molecule has 3 rings (SSSR count). The largest absolute Gasteiger partial charge is 0.461 e. The second-order valence-electron chi connectivity index (χ2n) is 8.20. The lowest BCUT2D eigenvalue weighted by Gasteiger charge is -2.15. The maximum atomic E-state index is 5.97. The first-order chi connectivity index (χ1) is 16.0. The number of benzene rings is 1. The fourth-order valence-corrected chi connectivity index (χ4v) is 3.67. The molecule has 5 nitrogen and oxygen atoms in total. The van der Waals surface area contributed by atoms with Crippen molar-refractivity contribution in [2.75, 3.05) is 6.54 Å². The van der Waals surface area contributed by atoms with E-state index in [1.54, 1.807) is 12.5 Å². The third kappa shape index (κ3) is 6.45. The quantitative estimate of drug-likeness (QED) is 0.307. The predicted octanol–water partition coefficient (Wildman–Crippen LogP) is 6.17. The Morgan fingerprint density at radius 1 is 1.12 bits per heavy atom. The first-order valence-corrected chi connectivity index (χ1v) is 11.5. The van der Waals surface area contributed by atoms with Gasteiger partial charge in [0.2, 0.25) is 0 Å². The van der Waals surface area contributed by atoms with Crippen LogP contribution < -0.4 is 11.1 Å². The number of nitrogens with two attached hydrogens (primary N) is 1. The van der Waals surface area contributed by atoms with Gasteiger partial charge in [0.25, 0.3) is 0 Å². The Kier molecular flexibility index (Phi) is 8.64. The van der Waals surface area contributed by atoms with Crippen LogP contribution in [0.15, 0.2) is 76.7 Å². The predicted molar refractivity (Wildman–Crippen MR) is 138 cm³/mol. The molecule has 1 aromatic carbocycles. The number of pyridine rings is 1. The molecule has 0 amide bonds. The van der Waals surface area contributed by atoms with Gasteiger partial charge in [0.15, 0.2) is 11.6 Å². The van der Waals surface area contributed by atoms with Gasteiger partial charge in [-0.05, 0) is 79.8 Å². The number of hydrogen-bond donors (Lipinski definition) is 2. The van der Waals surface area contributed by atoms with Crippen LogP contribution in [-0.4, -0.2) is 17.4 Å². The number of allylic oxidation sites excluding steroid dienone is 1. The van der Waals surface area contributed by atoms with E-state index in [0.717, 1.165) is 58.5 Å². The minimum atomic E-state index is 0.576. The monoisotopic (exact) mass is 442 g/mol. The minimum Gasteiger partial charge on any atom is -0.461 e. The van der Waals surface area contributed by atoms with Gasteiger partial charge in [0, 0.05) is 30.2 Å². The average Bonchev–Trinajstić information content (AvgIpc) is 3.24. The standard InChI is InChI=1S/C28H34N4O/c1-5-6-11-26(24-16-20(2)18-30-19-24)32-28(27-22(4)13-15-33-27)31-14-12-23(17-29)25-10-8-7-9-21(25)3/h7-11,13,15-19H,5-6,12,14,29H2,1-4H3,(H,31,32)/b23-17-,26-11+. The van der Waals surface area contributed by atoms with Crippen molar-refractivity contribution in [3.63, 3.8) is 0 Å². The summed E-state index contributed by atoms with van der Waals surface area (Å²) in [7, 11) is 0. The van der Waals surface area contributed by atoms with E-state index in [0.29, 0.717) is 12.4 Å². The van der Waals surface area contributed by atoms with Crippen LogP contribution in [0.3, 0.4) is 0 Å². The number of amidine groups is 1. The van der Waals surface area contributed by atoms with E-state index in [2.05, 4.69) is 48.4 Å². The van der Waals surface area contributed by atoms with Gasteiger partial charge < -0.3 is 15.5 Å². The highest BCUT2D eigenvalue weighted by molar-refractivity contribution is 6.02. The summed E-state index contributed by atoms with van der Waals surface area (Å²) >= 11 is 0. The van der Waals surface area contributed by atoms with Crippen LogP contribution in [-0.2, 0) is 0 Å². The van der Waals surface area contributed by atoms with Gasteiger partial charge in [-0.3, -0.25) is 9.98 Å². The van der Waals surface area contributed by atoms with E-state index in [-0.39, 0.29) is 0 Å². The van der Waals surface area contributed by atoms with Crippen molar-refractivity contribution in [2.24, 2.45) is 10.7 Å². The summed E-state index contributed by atoms with van der Waals surface area (Å²) in [6, 6.07) is 12.4. The Morgan fingerprint density at radius 3 is 2.61 bits per heavy atom. The summed E-state index contributed by atoms with van der Waals surface area (Å²) in [5.74, 6) is 1.45. The molecule has 33 heavy (non-hydrogen) atoms. The summed E-state index contributed by atoms with van der Waals surface area (Å²) < 4.78 is 5.80. The van der Waals surface area contributed by atoms with Gasteiger partial charge in [-0.1, -0.05) is 43.7 Å². The zero-order valence-corrected chi connectivity index (χ0v) is 20.1. The van der Waals surface area contributed by atoms with E-state index in [1.165, 1.54) is 5.56 Å². The summed E-state index contributed by atoms with van der Waals surface area (Å²) in [4.78, 5) is 9.29. The van der Waals surface area contributed by atoms with Crippen molar-refractivity contribution in [3.05, 3.63) is 101 Å². The number of nitrogens with one attached hydrogen (secondary N) is 1. The lowest BCUT2D eigenvalue weighted by atomic mass is 9.99. The second kappa shape index (κ2) is 11.9. The molecule has 0 aliphatic carbocycles. The number of aromatic nitrogens is 1. The van der Waals surface area contributed by atoms with Crippen molar-refractivity contribution in [3.8, 4) is 0 Å². The molecule has 0 atom stereocenters. The van der Waals surface area contributed by atoms with E-state index < -0.39 is 0 Å². The van der Waals surface area contributed by atoms with E-state index in [1.807, 2.05) is 44.4 Å². The molecule has 2 aromatic heterocycles. The smallest absolute Gasteiger partial charge is 0.171 e. The zero-order chi connectivity index (χ0) is 23.6. The van der Waals surface area contributed by atoms with Crippen molar-refractivity contribution in [2.45, 2.75) is 47.0 Å². The van der Waals surface area contributed by atoms with E-state index in [4.69, 9.17) is 15.1 Å². The highest BCUT2D eigenvalue weighted by Gasteiger charge is 2.14. The van der Waals surface area contributed by atoms with Crippen LogP contribution in [0.1, 0.15) is 59.8 Å². The van der Waals surface area contributed by atoms with Gasteiger partial charge in [0.05, 0.1) is 6.26 Å². The Balaban J connectivity index is 1.89. The molecule has 0 bridgehead atoms. The molecule has 0 aliphatic rings. The van der Waals surface area contributed by atoms with Gasteiger partial charge in [-0.25, -0.2) is 0 Å². The molecule has 0 saturated heterocycles. The molecule has 0 unspecified atom stereocenters. The molecule has 0 spiro atoms. The molecule has 0 aliphatic heterocycles. The minimum absolute atomic E-state index is 0.576. The van der Waals surface area contributed by atoms with Gasteiger partial charge >= 0.3 is 0 Å². The number of hydrogen-bond acceptors (Lipinski definition) is 4. The lowest BCUT2D eigenvalue weighted by Crippen LogP contribution is -2.24. The maximum Gasteiger partial charge on any atom is 0.171 e. The van der Waals surface area contributed by atoms with Crippen LogP contribution in [0.5, 0.6) is 0 Å². The normalized spacial score (nSPS) is 12.8. The van der Waals surface area contributed by atoms with Crippen LogP contribution in [0.25, 0.3) is 11.3 Å². The van der Waals surface area contributed by atoms with Gasteiger partial charge in [-0.2, -0.15) is 0 Å². The van der Waals surface area contributed by atoms with Crippen LogP contribution in [0.2, 0.25) is 0 Å². The van der Waals surface area contributed by atoms with Crippen molar-refractivity contribution in [1.82, 2.24) is 10.3 Å². The molecular formula is C28H34N4O. The fourth-order valence-electron chi connectivity index (χ4n) is 3.67. The highest BCUT2D eigenvalue weighted by Crippen LogP contribution is 2.22. The van der Waals surface area contributed by atoms with Crippen LogP contribution in [0.4, 0.5) is 0 Å². The number of rotatable bonds is 9. The number of unbranched alkanes of at least 4 members (excludes halogenated alkanes) is 1. The third-order valence-corrected chi connectivity index (χ3v) is 5.50. The Labute approximate surface area is 197 Å². The highest BCUT2D eigenvalue weighted by atomic mass is 16.3. The topological polar surface area (TPSA) is 76.4 Å². The number of nitrogens with zero attached hydrogens (tertiary/aromatic N) is 2. The van der Waals surface area contributed by atoms with E-state index in [9.17, 15) is 0 Å². The molecule has 3 aromatic rings. The first-order valence-electron chi connectivity index (χ1n) is 11.5. The summed E-state index contributed by atoms with van der Waals surface area (Å²) in [5.41, 5.74) is 13.6. The average molecular weight is 443 g/mol. The van der Waals surface area contributed by atoms with Crippen LogP contribution >= 0.6 is 0 Å². The first kappa shape index (κ1) is 24.1. The molecule has 3 N–H and O–H groups in total. The van der Waals surface area contributed by atoms with Crippen molar-refractivity contribution < 1.29 is 4.42 Å². The Morgan fingerprint density at radius 2 is 1.94 bits per heavy atom. The molecule has 0 radical (unpaired) electrons. The molecular weight excluding hydrogens is 408 g/mol. The summed E-state index contributed by atoms with van der Waals surface area (Å²) in [6.45, 7) is 8.92. The van der Waals surface area contributed by atoms with Crippen LogP contribution in [0, 0.1) is 20.8 Å². The second-order valence-corrected chi connectivity index (χ2v) is 8.20. The Hall–Kier alpha value is -3.60. The van der Waals surface area contributed by atoms with Gasteiger partial charge in [-0.15, -0.1) is 0 Å². The number of aliphatic imine (C=N–C) groups is 1. The molecule has 0 saturated carbocycles. The van der Waals surface area contributed by atoms with Crippen molar-refractivity contribution in [1.29, 1.82) is 0 Å². The SMILES string of the molecule is CCC/C=C(/NC(=NCC/C(=C/N)c1ccccc1C)c1occc1C)c1cncc(C)c1. The van der Waals surface area contributed by atoms with Gasteiger partial charge in [0.1, 0.15) is 0 Å². The van der Waals surface area contributed by atoms with Crippen molar-refractivity contribution >= 4 is 17.1 Å². The fraction of sp³-hybridized carbons (Fsp3) is 0.286. The summed E-state index contributed by atoms with van der Waals surface area (Å²) in [5, 5.41) is 3.55. The molecule has 2 heterocycles.